The maximum Gasteiger partial charge on any atom is 0.244 e. The van der Waals surface area contributed by atoms with Gasteiger partial charge >= 0.3 is 0 Å². The first-order valence-electron chi connectivity index (χ1n) is 7.09. The van der Waals surface area contributed by atoms with Crippen LogP contribution in [-0.2, 0) is 9.59 Å². The number of rotatable bonds is 3. The summed E-state index contributed by atoms with van der Waals surface area (Å²) < 4.78 is 0. The number of nitrogens with one attached hydrogen (secondary N) is 1. The van der Waals surface area contributed by atoms with Gasteiger partial charge in [0, 0.05) is 13.0 Å². The van der Waals surface area contributed by atoms with Crippen LogP contribution >= 0.6 is 0 Å². The Labute approximate surface area is 119 Å². The summed E-state index contributed by atoms with van der Waals surface area (Å²) >= 11 is 0. The molecule has 0 aliphatic carbocycles. The Morgan fingerprint density at radius 3 is 2.75 bits per heavy atom. The van der Waals surface area contributed by atoms with Crippen LogP contribution in [0.3, 0.4) is 0 Å². The zero-order valence-electron chi connectivity index (χ0n) is 11.6. The molecule has 0 atom stereocenters. The Morgan fingerprint density at radius 2 is 1.95 bits per heavy atom. The summed E-state index contributed by atoms with van der Waals surface area (Å²) in [5, 5.41) is 2.76. The molecule has 5 nitrogen and oxygen atoms in total. The molecule has 1 aliphatic heterocycles. The number of carbonyl (C=O) groups is 2. The van der Waals surface area contributed by atoms with Crippen LogP contribution in [0.25, 0.3) is 0 Å². The van der Waals surface area contributed by atoms with Crippen molar-refractivity contribution in [3.63, 3.8) is 0 Å². The Hall–Kier alpha value is -2.04. The van der Waals surface area contributed by atoms with E-state index in [1.54, 1.807) is 17.0 Å². The van der Waals surface area contributed by atoms with Gasteiger partial charge in [0.05, 0.1) is 17.9 Å². The number of anilines is 2. The third-order valence-electron chi connectivity index (χ3n) is 3.49. The Bertz CT molecular complexity index is 488. The molecule has 2 amide bonds. The predicted octanol–water partition coefficient (Wildman–Crippen LogP) is 2.00. The van der Waals surface area contributed by atoms with Crippen molar-refractivity contribution in [3.8, 4) is 0 Å². The minimum Gasteiger partial charge on any atom is -0.397 e. The first kappa shape index (κ1) is 14.4. The third kappa shape index (κ3) is 3.98. The van der Waals surface area contributed by atoms with Crippen LogP contribution in [-0.4, -0.2) is 29.8 Å². The number of carbonyl (C=O) groups excluding carboxylic acids is 2. The summed E-state index contributed by atoms with van der Waals surface area (Å²) in [6, 6.07) is 7.11. The number of nitrogen functional groups attached to an aromatic ring is 1. The SMILES string of the molecule is Nc1ccccc1NC(=O)CN1CCCCCCC1=O. The van der Waals surface area contributed by atoms with E-state index in [1.807, 2.05) is 12.1 Å². The highest BCUT2D eigenvalue weighted by atomic mass is 16.2. The topological polar surface area (TPSA) is 75.4 Å². The second kappa shape index (κ2) is 6.93. The Morgan fingerprint density at radius 1 is 1.20 bits per heavy atom. The lowest BCUT2D eigenvalue weighted by Crippen LogP contribution is -2.39. The van der Waals surface area contributed by atoms with E-state index in [9.17, 15) is 9.59 Å². The fourth-order valence-electron chi connectivity index (χ4n) is 2.36. The smallest absolute Gasteiger partial charge is 0.244 e. The second-order valence-corrected chi connectivity index (χ2v) is 5.11. The molecule has 2 rings (SSSR count). The van der Waals surface area contributed by atoms with Gasteiger partial charge in [-0.15, -0.1) is 0 Å². The standard InChI is InChI=1S/C15H21N3O2/c16-12-7-4-5-8-13(12)17-14(19)11-18-10-6-2-1-3-9-15(18)20/h4-5,7-8H,1-3,6,9-11,16H2,(H,17,19). The molecule has 20 heavy (non-hydrogen) atoms. The number of nitrogens with two attached hydrogens (primary N) is 1. The number of hydrogen-bond acceptors (Lipinski definition) is 3. The van der Waals surface area contributed by atoms with E-state index in [0.717, 1.165) is 25.7 Å². The summed E-state index contributed by atoms with van der Waals surface area (Å²) in [6.07, 6.45) is 4.65. The highest BCUT2D eigenvalue weighted by Gasteiger charge is 2.18. The monoisotopic (exact) mass is 275 g/mol. The summed E-state index contributed by atoms with van der Waals surface area (Å²) in [5.74, 6) is -0.127. The maximum absolute atomic E-state index is 12.0. The fourth-order valence-corrected chi connectivity index (χ4v) is 2.36. The van der Waals surface area contributed by atoms with Crippen LogP contribution < -0.4 is 11.1 Å². The molecule has 1 aromatic rings. The van der Waals surface area contributed by atoms with Crippen molar-refractivity contribution in [2.45, 2.75) is 32.1 Å². The molecule has 108 valence electrons. The lowest BCUT2D eigenvalue weighted by molar-refractivity contribution is -0.135. The number of amides is 2. The zero-order chi connectivity index (χ0) is 14.4. The molecule has 0 spiro atoms. The van der Waals surface area contributed by atoms with E-state index in [2.05, 4.69) is 5.32 Å². The number of hydrogen-bond donors (Lipinski definition) is 2. The molecule has 1 fully saturated rings. The molecule has 0 aromatic heterocycles. The van der Waals surface area contributed by atoms with Crippen molar-refractivity contribution in [2.24, 2.45) is 0 Å². The highest BCUT2D eigenvalue weighted by Crippen LogP contribution is 2.17. The van der Waals surface area contributed by atoms with Gasteiger partial charge in [-0.25, -0.2) is 0 Å². The summed E-state index contributed by atoms with van der Waals surface area (Å²) in [7, 11) is 0. The molecule has 0 unspecified atom stereocenters. The zero-order valence-corrected chi connectivity index (χ0v) is 11.6. The second-order valence-electron chi connectivity index (χ2n) is 5.11. The van der Waals surface area contributed by atoms with Gasteiger partial charge in [0.2, 0.25) is 11.8 Å². The van der Waals surface area contributed by atoms with Crippen LogP contribution in [0, 0.1) is 0 Å². The van der Waals surface area contributed by atoms with Gasteiger partial charge in [0.1, 0.15) is 0 Å². The van der Waals surface area contributed by atoms with E-state index in [4.69, 9.17) is 5.73 Å². The van der Waals surface area contributed by atoms with Crippen molar-refractivity contribution >= 4 is 23.2 Å². The highest BCUT2D eigenvalue weighted by molar-refractivity contribution is 5.96. The maximum atomic E-state index is 12.0. The van der Waals surface area contributed by atoms with Gasteiger partial charge in [-0.2, -0.15) is 0 Å². The number of likely N-dealkylation sites (tertiary alicyclic amines) is 1. The summed E-state index contributed by atoms with van der Waals surface area (Å²) in [4.78, 5) is 25.6. The van der Waals surface area contributed by atoms with Crippen LogP contribution in [0.15, 0.2) is 24.3 Å². The molecule has 1 saturated heterocycles. The van der Waals surface area contributed by atoms with E-state index in [0.29, 0.717) is 24.3 Å². The molecule has 0 saturated carbocycles. The molecular weight excluding hydrogens is 254 g/mol. The van der Waals surface area contributed by atoms with Crippen molar-refractivity contribution in [3.05, 3.63) is 24.3 Å². The molecule has 0 radical (unpaired) electrons. The van der Waals surface area contributed by atoms with E-state index in [1.165, 1.54) is 0 Å². The van der Waals surface area contributed by atoms with Crippen molar-refractivity contribution in [1.82, 2.24) is 4.90 Å². The van der Waals surface area contributed by atoms with Gasteiger partial charge in [-0.1, -0.05) is 25.0 Å². The first-order chi connectivity index (χ1) is 9.66. The predicted molar refractivity (Wildman–Crippen MR) is 79.1 cm³/mol. The fraction of sp³-hybridized carbons (Fsp3) is 0.467. The van der Waals surface area contributed by atoms with Crippen LogP contribution in [0.2, 0.25) is 0 Å². The summed E-state index contributed by atoms with van der Waals surface area (Å²) in [5.41, 5.74) is 6.90. The van der Waals surface area contributed by atoms with E-state index < -0.39 is 0 Å². The lowest BCUT2D eigenvalue weighted by Gasteiger charge is -2.24. The lowest BCUT2D eigenvalue weighted by atomic mass is 10.1. The molecule has 3 N–H and O–H groups in total. The largest absolute Gasteiger partial charge is 0.397 e. The molecular formula is C15H21N3O2. The van der Waals surface area contributed by atoms with Crippen molar-refractivity contribution < 1.29 is 9.59 Å². The molecule has 0 bridgehead atoms. The van der Waals surface area contributed by atoms with Gasteiger partial charge in [-0.05, 0) is 25.0 Å². The van der Waals surface area contributed by atoms with E-state index in [-0.39, 0.29) is 18.4 Å². The molecule has 1 heterocycles. The Kier molecular flexibility index (Phi) is 4.98. The minimum absolute atomic E-state index is 0.0703. The number of benzene rings is 1. The van der Waals surface area contributed by atoms with Crippen LogP contribution in [0.1, 0.15) is 32.1 Å². The minimum atomic E-state index is -0.197. The molecule has 1 aromatic carbocycles. The van der Waals surface area contributed by atoms with Gasteiger partial charge in [0.15, 0.2) is 0 Å². The van der Waals surface area contributed by atoms with Crippen LogP contribution in [0.4, 0.5) is 11.4 Å². The number of para-hydroxylation sites is 2. The van der Waals surface area contributed by atoms with E-state index >= 15 is 0 Å². The van der Waals surface area contributed by atoms with Crippen LogP contribution in [0.5, 0.6) is 0 Å². The van der Waals surface area contributed by atoms with Gasteiger partial charge in [-0.3, -0.25) is 9.59 Å². The van der Waals surface area contributed by atoms with Gasteiger partial charge in [0.25, 0.3) is 0 Å². The average molecular weight is 275 g/mol. The molecule has 5 heteroatoms. The summed E-state index contributed by atoms with van der Waals surface area (Å²) in [6.45, 7) is 0.768. The third-order valence-corrected chi connectivity index (χ3v) is 3.49. The normalized spacial score (nSPS) is 16.4. The quantitative estimate of drug-likeness (QED) is 0.828. The van der Waals surface area contributed by atoms with Crippen molar-refractivity contribution in [2.75, 3.05) is 24.1 Å². The number of nitrogens with zero attached hydrogens (tertiary/aromatic N) is 1. The van der Waals surface area contributed by atoms with Crippen molar-refractivity contribution in [1.29, 1.82) is 0 Å². The molecule has 1 aliphatic rings. The van der Waals surface area contributed by atoms with Gasteiger partial charge < -0.3 is 16.0 Å². The Balaban J connectivity index is 1.92. The average Bonchev–Trinajstić information content (AvgIpc) is 2.41. The first-order valence-corrected chi connectivity index (χ1v) is 7.09.